The maximum Gasteiger partial charge on any atom is 0.191 e. The van der Waals surface area contributed by atoms with Crippen molar-refractivity contribution in [3.63, 3.8) is 0 Å². The van der Waals surface area contributed by atoms with E-state index in [0.29, 0.717) is 5.92 Å². The van der Waals surface area contributed by atoms with Crippen LogP contribution in [0, 0.1) is 0 Å². The standard InChI is InChI=1S/C18H25N5.HI/c1-2-19-18(20-9-5-11-23-12-6-10-22-23)21-14-16-13-15-7-3-4-8-17(15)16;/h3-4,6-8,10,12,16H,2,5,9,11,13-14H2,1H3,(H2,19,20,21);1H. The molecule has 2 aromatic rings. The van der Waals surface area contributed by atoms with E-state index in [1.54, 1.807) is 0 Å². The fourth-order valence-electron chi connectivity index (χ4n) is 2.95. The second-order valence-electron chi connectivity index (χ2n) is 5.87. The first-order valence-electron chi connectivity index (χ1n) is 8.44. The van der Waals surface area contributed by atoms with Crippen LogP contribution >= 0.6 is 24.0 Å². The largest absolute Gasteiger partial charge is 0.357 e. The highest BCUT2D eigenvalue weighted by molar-refractivity contribution is 14.0. The summed E-state index contributed by atoms with van der Waals surface area (Å²) in [6.45, 7) is 5.65. The number of benzene rings is 1. The number of nitrogens with one attached hydrogen (secondary N) is 2. The molecule has 2 N–H and O–H groups in total. The van der Waals surface area contributed by atoms with Gasteiger partial charge in [-0.05, 0) is 37.0 Å². The third-order valence-electron chi connectivity index (χ3n) is 4.19. The van der Waals surface area contributed by atoms with Gasteiger partial charge in [-0.3, -0.25) is 9.67 Å². The van der Waals surface area contributed by atoms with Gasteiger partial charge in [0.2, 0.25) is 0 Å². The molecule has 1 aliphatic rings. The number of hydrogen-bond acceptors (Lipinski definition) is 2. The average molecular weight is 439 g/mol. The van der Waals surface area contributed by atoms with Crippen LogP contribution in [-0.4, -0.2) is 35.4 Å². The van der Waals surface area contributed by atoms with Gasteiger partial charge in [0, 0.05) is 44.5 Å². The highest BCUT2D eigenvalue weighted by Crippen LogP contribution is 2.34. The Morgan fingerprint density at radius 3 is 2.92 bits per heavy atom. The van der Waals surface area contributed by atoms with E-state index in [-0.39, 0.29) is 24.0 Å². The number of aryl methyl sites for hydroxylation is 1. The Balaban J connectivity index is 0.00000208. The summed E-state index contributed by atoms with van der Waals surface area (Å²) in [7, 11) is 0. The Morgan fingerprint density at radius 2 is 2.17 bits per heavy atom. The lowest BCUT2D eigenvalue weighted by Crippen LogP contribution is -2.38. The molecule has 6 heteroatoms. The van der Waals surface area contributed by atoms with Crippen molar-refractivity contribution in [3.8, 4) is 0 Å². The maximum absolute atomic E-state index is 4.74. The molecule has 0 amide bonds. The summed E-state index contributed by atoms with van der Waals surface area (Å²) in [5, 5.41) is 10.9. The van der Waals surface area contributed by atoms with E-state index < -0.39 is 0 Å². The van der Waals surface area contributed by atoms with Crippen LogP contribution in [-0.2, 0) is 13.0 Å². The predicted molar refractivity (Wildman–Crippen MR) is 109 cm³/mol. The molecular formula is C18H26IN5. The third kappa shape index (κ3) is 4.96. The van der Waals surface area contributed by atoms with Crippen LogP contribution in [0.4, 0.5) is 0 Å². The van der Waals surface area contributed by atoms with Crippen molar-refractivity contribution in [1.29, 1.82) is 0 Å². The molecule has 24 heavy (non-hydrogen) atoms. The highest BCUT2D eigenvalue weighted by Gasteiger charge is 2.24. The van der Waals surface area contributed by atoms with E-state index in [1.807, 2.05) is 23.1 Å². The van der Waals surface area contributed by atoms with Crippen LogP contribution in [0.1, 0.15) is 30.4 Å². The van der Waals surface area contributed by atoms with Crippen LogP contribution in [0.3, 0.4) is 0 Å². The minimum atomic E-state index is 0. The zero-order valence-corrected chi connectivity index (χ0v) is 16.4. The number of fused-ring (bicyclic) bond motifs is 1. The van der Waals surface area contributed by atoms with E-state index in [0.717, 1.165) is 45.0 Å². The first-order valence-corrected chi connectivity index (χ1v) is 8.44. The van der Waals surface area contributed by atoms with Gasteiger partial charge in [0.05, 0.1) is 0 Å². The lowest BCUT2D eigenvalue weighted by Gasteiger charge is -2.28. The summed E-state index contributed by atoms with van der Waals surface area (Å²) in [6.07, 6.45) is 5.99. The van der Waals surface area contributed by atoms with Crippen LogP contribution in [0.2, 0.25) is 0 Å². The predicted octanol–water partition coefficient (Wildman–Crippen LogP) is 2.79. The number of hydrogen-bond donors (Lipinski definition) is 2. The van der Waals surface area contributed by atoms with E-state index in [9.17, 15) is 0 Å². The number of guanidine groups is 1. The minimum Gasteiger partial charge on any atom is -0.357 e. The Labute approximate surface area is 161 Å². The quantitative estimate of drug-likeness (QED) is 0.302. The summed E-state index contributed by atoms with van der Waals surface area (Å²) >= 11 is 0. The summed E-state index contributed by atoms with van der Waals surface area (Å²) in [6, 6.07) is 10.6. The second kappa shape index (κ2) is 9.66. The highest BCUT2D eigenvalue weighted by atomic mass is 127. The molecule has 0 radical (unpaired) electrons. The molecule has 5 nitrogen and oxygen atoms in total. The molecule has 1 unspecified atom stereocenters. The normalized spacial score (nSPS) is 15.9. The molecular weight excluding hydrogens is 413 g/mol. The van der Waals surface area contributed by atoms with Crippen molar-refractivity contribution in [3.05, 3.63) is 53.9 Å². The molecule has 1 heterocycles. The zero-order valence-electron chi connectivity index (χ0n) is 14.1. The van der Waals surface area contributed by atoms with Gasteiger partial charge >= 0.3 is 0 Å². The Kier molecular flexibility index (Phi) is 7.55. The van der Waals surface area contributed by atoms with Crippen LogP contribution < -0.4 is 10.6 Å². The number of aliphatic imine (C=N–C) groups is 1. The second-order valence-corrected chi connectivity index (χ2v) is 5.87. The van der Waals surface area contributed by atoms with E-state index in [2.05, 4.69) is 46.9 Å². The average Bonchev–Trinajstić information content (AvgIpc) is 3.05. The van der Waals surface area contributed by atoms with Crippen LogP contribution in [0.5, 0.6) is 0 Å². The van der Waals surface area contributed by atoms with Gasteiger partial charge < -0.3 is 10.6 Å². The molecule has 1 aromatic carbocycles. The molecule has 0 aliphatic heterocycles. The molecule has 3 rings (SSSR count). The van der Waals surface area contributed by atoms with Gasteiger partial charge in [-0.1, -0.05) is 24.3 Å². The number of halogens is 1. The SMILES string of the molecule is CCNC(=NCC1Cc2ccccc21)NCCCn1cccn1.I. The lowest BCUT2D eigenvalue weighted by molar-refractivity contribution is 0.568. The molecule has 1 aliphatic carbocycles. The summed E-state index contributed by atoms with van der Waals surface area (Å²) in [5.74, 6) is 1.49. The maximum atomic E-state index is 4.74. The van der Waals surface area contributed by atoms with Crippen molar-refractivity contribution in [2.45, 2.75) is 32.2 Å². The number of aromatic nitrogens is 2. The zero-order chi connectivity index (χ0) is 15.9. The summed E-state index contributed by atoms with van der Waals surface area (Å²) in [4.78, 5) is 4.74. The van der Waals surface area contributed by atoms with Crippen molar-refractivity contribution in [2.24, 2.45) is 4.99 Å². The number of nitrogens with zero attached hydrogens (tertiary/aromatic N) is 3. The van der Waals surface area contributed by atoms with Crippen molar-refractivity contribution < 1.29 is 0 Å². The summed E-state index contributed by atoms with van der Waals surface area (Å²) in [5.41, 5.74) is 2.94. The molecule has 130 valence electrons. The minimum absolute atomic E-state index is 0. The molecule has 0 saturated carbocycles. The fourth-order valence-corrected chi connectivity index (χ4v) is 2.95. The van der Waals surface area contributed by atoms with E-state index in [4.69, 9.17) is 4.99 Å². The smallest absolute Gasteiger partial charge is 0.191 e. The molecule has 0 saturated heterocycles. The monoisotopic (exact) mass is 439 g/mol. The van der Waals surface area contributed by atoms with Gasteiger partial charge in [0.15, 0.2) is 5.96 Å². The van der Waals surface area contributed by atoms with Crippen molar-refractivity contribution in [2.75, 3.05) is 19.6 Å². The van der Waals surface area contributed by atoms with Crippen LogP contribution in [0.25, 0.3) is 0 Å². The van der Waals surface area contributed by atoms with Gasteiger partial charge in [-0.25, -0.2) is 0 Å². The molecule has 0 spiro atoms. The third-order valence-corrected chi connectivity index (χ3v) is 4.19. The van der Waals surface area contributed by atoms with Crippen molar-refractivity contribution in [1.82, 2.24) is 20.4 Å². The van der Waals surface area contributed by atoms with Gasteiger partial charge in [-0.15, -0.1) is 24.0 Å². The lowest BCUT2D eigenvalue weighted by atomic mass is 9.78. The fraction of sp³-hybridized carbons (Fsp3) is 0.444. The topological polar surface area (TPSA) is 54.2 Å². The molecule has 0 fully saturated rings. The van der Waals surface area contributed by atoms with Gasteiger partial charge in [0.25, 0.3) is 0 Å². The molecule has 1 aromatic heterocycles. The number of rotatable bonds is 7. The molecule has 1 atom stereocenters. The summed E-state index contributed by atoms with van der Waals surface area (Å²) < 4.78 is 1.96. The Bertz CT molecular complexity index is 639. The first kappa shape index (κ1) is 18.8. The Hall–Kier alpha value is -1.57. The van der Waals surface area contributed by atoms with Crippen LogP contribution in [0.15, 0.2) is 47.7 Å². The van der Waals surface area contributed by atoms with Crippen molar-refractivity contribution >= 4 is 29.9 Å². The van der Waals surface area contributed by atoms with Gasteiger partial charge in [0.1, 0.15) is 0 Å². The first-order chi connectivity index (χ1) is 11.4. The molecule has 0 bridgehead atoms. The Morgan fingerprint density at radius 1 is 1.29 bits per heavy atom. The van der Waals surface area contributed by atoms with E-state index in [1.165, 1.54) is 11.1 Å². The van der Waals surface area contributed by atoms with E-state index >= 15 is 0 Å². The van der Waals surface area contributed by atoms with Gasteiger partial charge in [-0.2, -0.15) is 5.10 Å².